The highest BCUT2D eigenvalue weighted by Crippen LogP contribution is 2.63. The number of benzene rings is 11. The molecule has 322 valence electrons. The number of para-hydroxylation sites is 2. The Balaban J connectivity index is 1.10. The van der Waals surface area contributed by atoms with Crippen molar-refractivity contribution in [2.45, 2.75) is 5.41 Å². The highest BCUT2D eigenvalue weighted by Gasteiger charge is 2.51. The van der Waals surface area contributed by atoms with Crippen molar-refractivity contribution in [3.63, 3.8) is 0 Å². The number of nitrogens with zero attached hydrogens (tertiary/aromatic N) is 2. The molecule has 69 heavy (non-hydrogen) atoms. The molecule has 0 radical (unpaired) electrons. The van der Waals surface area contributed by atoms with Crippen LogP contribution in [0, 0.1) is 0 Å². The fourth-order valence-corrected chi connectivity index (χ4v) is 12.0. The van der Waals surface area contributed by atoms with Crippen LogP contribution in [0.5, 0.6) is 0 Å². The maximum atomic E-state index is 2.54. The molecule has 0 N–H and O–H groups in total. The third-order valence-electron chi connectivity index (χ3n) is 14.8. The molecule has 2 aliphatic rings. The molecule has 11 aromatic carbocycles. The third kappa shape index (κ3) is 5.79. The van der Waals surface area contributed by atoms with E-state index in [1.807, 2.05) is 0 Å². The fourth-order valence-electron chi connectivity index (χ4n) is 12.0. The summed E-state index contributed by atoms with van der Waals surface area (Å²) < 4.78 is 2.40. The Morgan fingerprint density at radius 3 is 1.41 bits per heavy atom. The van der Waals surface area contributed by atoms with Crippen LogP contribution >= 0.6 is 0 Å². The molecule has 0 saturated heterocycles. The van der Waals surface area contributed by atoms with Crippen LogP contribution in [-0.2, 0) is 5.41 Å². The smallest absolute Gasteiger partial charge is 0.0726 e. The van der Waals surface area contributed by atoms with Crippen molar-refractivity contribution < 1.29 is 0 Å². The van der Waals surface area contributed by atoms with Gasteiger partial charge in [0.15, 0.2) is 0 Å². The van der Waals surface area contributed by atoms with Gasteiger partial charge in [-0.2, -0.15) is 0 Å². The van der Waals surface area contributed by atoms with Crippen LogP contribution in [0.4, 0.5) is 17.1 Å². The van der Waals surface area contributed by atoms with E-state index in [-0.39, 0.29) is 0 Å². The molecule has 1 heterocycles. The SMILES string of the molecule is c1ccc(-c2ccccc2-c2c(-c3ccccc3)cccc2N(c2ccc3c(c2)C2(c4ccccc4-c4ccccc42)c2ccccc2-3)c2ccc3c(c2)c2ccccc2n3-c2ccccc2)cc1. The third-order valence-corrected chi connectivity index (χ3v) is 14.8. The molecule has 0 unspecified atom stereocenters. The Labute approximate surface area is 402 Å². The van der Waals surface area contributed by atoms with Crippen LogP contribution in [0.15, 0.2) is 267 Å². The van der Waals surface area contributed by atoms with Crippen LogP contribution in [-0.4, -0.2) is 4.57 Å². The molecule has 0 fully saturated rings. The van der Waals surface area contributed by atoms with E-state index in [1.54, 1.807) is 0 Å². The van der Waals surface area contributed by atoms with E-state index < -0.39 is 5.41 Å². The summed E-state index contributed by atoms with van der Waals surface area (Å²) in [7, 11) is 0. The van der Waals surface area contributed by atoms with Crippen molar-refractivity contribution in [3.05, 3.63) is 289 Å². The first-order chi connectivity index (χ1) is 34.3. The summed E-state index contributed by atoms with van der Waals surface area (Å²) in [5.41, 5.74) is 23.8. The van der Waals surface area contributed by atoms with Gasteiger partial charge in [-0.05, 0) is 127 Å². The molecule has 14 rings (SSSR count). The van der Waals surface area contributed by atoms with Gasteiger partial charge in [-0.15, -0.1) is 0 Å². The van der Waals surface area contributed by atoms with Crippen molar-refractivity contribution in [3.8, 4) is 61.3 Å². The van der Waals surface area contributed by atoms with Gasteiger partial charge < -0.3 is 9.47 Å². The lowest BCUT2D eigenvalue weighted by atomic mass is 9.70. The molecule has 0 amide bonds. The molecule has 0 aliphatic heterocycles. The highest BCUT2D eigenvalue weighted by molar-refractivity contribution is 6.11. The molecular weight excluding hydrogens is 833 g/mol. The van der Waals surface area contributed by atoms with Crippen molar-refractivity contribution in [1.82, 2.24) is 4.57 Å². The van der Waals surface area contributed by atoms with E-state index in [0.29, 0.717) is 0 Å². The largest absolute Gasteiger partial charge is 0.310 e. The Morgan fingerprint density at radius 2 is 0.754 bits per heavy atom. The molecule has 2 nitrogen and oxygen atoms in total. The summed E-state index contributed by atoms with van der Waals surface area (Å²) >= 11 is 0. The lowest BCUT2D eigenvalue weighted by molar-refractivity contribution is 0.793. The van der Waals surface area contributed by atoms with Gasteiger partial charge in [-0.3, -0.25) is 0 Å². The second-order valence-electron chi connectivity index (χ2n) is 18.3. The minimum atomic E-state index is -0.498. The van der Waals surface area contributed by atoms with E-state index in [4.69, 9.17) is 0 Å². The van der Waals surface area contributed by atoms with Gasteiger partial charge in [0.05, 0.1) is 22.1 Å². The molecule has 1 aromatic heterocycles. The monoisotopic (exact) mass is 876 g/mol. The first kappa shape index (κ1) is 39.2. The number of anilines is 3. The summed E-state index contributed by atoms with van der Waals surface area (Å²) in [6.45, 7) is 0. The molecular formula is C67H44N2. The summed E-state index contributed by atoms with van der Waals surface area (Å²) in [6.07, 6.45) is 0. The average molecular weight is 877 g/mol. The topological polar surface area (TPSA) is 8.17 Å². The number of hydrogen-bond acceptors (Lipinski definition) is 1. The molecule has 0 bridgehead atoms. The van der Waals surface area contributed by atoms with Crippen LogP contribution in [0.1, 0.15) is 22.3 Å². The minimum absolute atomic E-state index is 0.498. The Kier molecular flexibility index (Phi) is 8.84. The first-order valence-electron chi connectivity index (χ1n) is 23.9. The standard InChI is InChI=1S/C67H44N2/c1-4-21-45(22-5-1)50-27-10-11-32-57(50)66-51(46-23-6-2-7-24-46)33-20-38-65(66)68(48-40-42-64-58(43-48)56-31-15-19-37-63(56)69(64)47-25-8-3-9-26-47)49-39-41-55-54-30-14-18-36-61(54)67(62(55)44-49)59-34-16-12-28-52(59)53-29-13-17-35-60(53)67/h1-44H. The van der Waals surface area contributed by atoms with Crippen molar-refractivity contribution in [1.29, 1.82) is 0 Å². The Hall–Kier alpha value is -8.98. The van der Waals surface area contributed by atoms with Gasteiger partial charge in [0.2, 0.25) is 0 Å². The van der Waals surface area contributed by atoms with E-state index in [9.17, 15) is 0 Å². The molecule has 0 atom stereocenters. The predicted octanol–water partition coefficient (Wildman–Crippen LogP) is 17.6. The number of aromatic nitrogens is 1. The van der Waals surface area contributed by atoms with Crippen molar-refractivity contribution in [2.75, 3.05) is 4.90 Å². The molecule has 0 saturated carbocycles. The Morgan fingerprint density at radius 1 is 0.290 bits per heavy atom. The summed E-state index contributed by atoms with van der Waals surface area (Å²) in [5.74, 6) is 0. The van der Waals surface area contributed by atoms with Gasteiger partial charge in [-0.1, -0.05) is 212 Å². The maximum absolute atomic E-state index is 2.54. The summed E-state index contributed by atoms with van der Waals surface area (Å²) in [6, 6.07) is 98.8. The molecule has 1 spiro atoms. The van der Waals surface area contributed by atoms with Crippen LogP contribution < -0.4 is 4.90 Å². The average Bonchev–Trinajstić information content (AvgIpc) is 4.03. The van der Waals surface area contributed by atoms with E-state index in [0.717, 1.165) is 22.7 Å². The number of fused-ring (bicyclic) bond motifs is 13. The van der Waals surface area contributed by atoms with Crippen LogP contribution in [0.25, 0.3) is 83.1 Å². The molecule has 12 aromatic rings. The van der Waals surface area contributed by atoms with Crippen LogP contribution in [0.2, 0.25) is 0 Å². The lowest BCUT2D eigenvalue weighted by Gasteiger charge is -2.33. The van der Waals surface area contributed by atoms with Crippen LogP contribution in [0.3, 0.4) is 0 Å². The van der Waals surface area contributed by atoms with Crippen molar-refractivity contribution in [2.24, 2.45) is 0 Å². The predicted molar refractivity (Wildman–Crippen MR) is 288 cm³/mol. The zero-order valence-electron chi connectivity index (χ0n) is 37.8. The fraction of sp³-hybridized carbons (Fsp3) is 0.0149. The van der Waals surface area contributed by atoms with Gasteiger partial charge in [0.25, 0.3) is 0 Å². The minimum Gasteiger partial charge on any atom is -0.310 e. The Bertz CT molecular complexity index is 3890. The molecule has 2 aliphatic carbocycles. The first-order valence-corrected chi connectivity index (χ1v) is 23.9. The summed E-state index contributed by atoms with van der Waals surface area (Å²) in [5, 5.41) is 2.42. The van der Waals surface area contributed by atoms with Crippen molar-refractivity contribution >= 4 is 38.9 Å². The summed E-state index contributed by atoms with van der Waals surface area (Å²) in [4.78, 5) is 2.54. The van der Waals surface area contributed by atoms with E-state index in [1.165, 1.54) is 99.7 Å². The number of hydrogen-bond donors (Lipinski definition) is 0. The van der Waals surface area contributed by atoms with E-state index in [2.05, 4.69) is 276 Å². The second kappa shape index (κ2) is 15.6. The quantitative estimate of drug-likeness (QED) is 0.155. The zero-order chi connectivity index (χ0) is 45.5. The second-order valence-corrected chi connectivity index (χ2v) is 18.3. The number of rotatable bonds is 7. The normalized spacial score (nSPS) is 12.8. The highest BCUT2D eigenvalue weighted by atomic mass is 15.1. The zero-order valence-corrected chi connectivity index (χ0v) is 37.8. The van der Waals surface area contributed by atoms with Gasteiger partial charge in [0.1, 0.15) is 0 Å². The van der Waals surface area contributed by atoms with E-state index >= 15 is 0 Å². The van der Waals surface area contributed by atoms with Gasteiger partial charge in [0, 0.05) is 33.4 Å². The van der Waals surface area contributed by atoms with Gasteiger partial charge in [-0.25, -0.2) is 0 Å². The molecule has 2 heteroatoms. The van der Waals surface area contributed by atoms with Gasteiger partial charge >= 0.3 is 0 Å². The lowest BCUT2D eigenvalue weighted by Crippen LogP contribution is -2.26. The maximum Gasteiger partial charge on any atom is 0.0726 e.